The summed E-state index contributed by atoms with van der Waals surface area (Å²) in [4.78, 5) is 28.5. The minimum Gasteiger partial charge on any atom is -0.482 e. The maximum atomic E-state index is 12.8. The van der Waals surface area contributed by atoms with Crippen molar-refractivity contribution in [3.05, 3.63) is 69.9 Å². The van der Waals surface area contributed by atoms with Gasteiger partial charge in [0.25, 0.3) is 5.69 Å². The number of nitro groups is 1. The number of nitro benzene ring substituents is 1. The van der Waals surface area contributed by atoms with Crippen LogP contribution in [0.2, 0.25) is 0 Å². The van der Waals surface area contributed by atoms with E-state index in [9.17, 15) is 14.9 Å². The van der Waals surface area contributed by atoms with Gasteiger partial charge < -0.3 is 14.5 Å². The van der Waals surface area contributed by atoms with Crippen LogP contribution in [0.25, 0.3) is 11.3 Å². The average molecular weight is 504 g/mol. The Morgan fingerprint density at radius 3 is 2.54 bits per heavy atom. The van der Waals surface area contributed by atoms with Crippen molar-refractivity contribution in [1.29, 1.82) is 0 Å². The lowest BCUT2D eigenvalue weighted by Gasteiger charge is -2.37. The minimum absolute atomic E-state index is 0.0427. The average Bonchev–Trinajstić information content (AvgIpc) is 3.32. The standard InChI is InChI=1S/C28H33N5O4/c1-4-12-32-27-21-17-24(33(35)36)23(18-25(21)37-28(2,3)22(27)19-29-32)30-13-15-31(16-14-30)26(34)11-10-20-8-6-5-7-9-20/h5-9,17-19H,4,10-16H2,1-3H3. The molecule has 37 heavy (non-hydrogen) atoms. The van der Waals surface area contributed by atoms with Gasteiger partial charge in [0.15, 0.2) is 0 Å². The number of hydrogen-bond donors (Lipinski definition) is 0. The number of piperazine rings is 1. The predicted octanol–water partition coefficient (Wildman–Crippen LogP) is 4.78. The molecular formula is C28H33N5O4. The third-order valence-corrected chi connectivity index (χ3v) is 7.26. The normalized spacial score (nSPS) is 16.1. The maximum Gasteiger partial charge on any atom is 0.293 e. The number of ether oxygens (including phenoxy) is 1. The van der Waals surface area contributed by atoms with Crippen molar-refractivity contribution >= 4 is 17.3 Å². The van der Waals surface area contributed by atoms with E-state index >= 15 is 0 Å². The molecule has 0 spiro atoms. The number of rotatable bonds is 7. The first-order valence-corrected chi connectivity index (χ1v) is 12.9. The summed E-state index contributed by atoms with van der Waals surface area (Å²) < 4.78 is 8.29. The number of amides is 1. The van der Waals surface area contributed by atoms with Gasteiger partial charge in [0.1, 0.15) is 17.0 Å². The quantitative estimate of drug-likeness (QED) is 0.340. The second kappa shape index (κ2) is 9.88. The van der Waals surface area contributed by atoms with Gasteiger partial charge in [0.2, 0.25) is 5.91 Å². The Hall–Kier alpha value is -3.88. The Morgan fingerprint density at radius 1 is 1.14 bits per heavy atom. The molecule has 2 aliphatic rings. The van der Waals surface area contributed by atoms with Gasteiger partial charge in [0.05, 0.1) is 16.8 Å². The number of aromatic nitrogens is 2. The van der Waals surface area contributed by atoms with Crippen LogP contribution in [0.4, 0.5) is 11.4 Å². The molecule has 194 valence electrons. The van der Waals surface area contributed by atoms with Gasteiger partial charge in [-0.05, 0) is 32.3 Å². The topological polar surface area (TPSA) is 93.7 Å². The molecule has 1 fully saturated rings. The molecule has 0 saturated carbocycles. The van der Waals surface area contributed by atoms with Gasteiger partial charge in [-0.1, -0.05) is 37.3 Å². The summed E-state index contributed by atoms with van der Waals surface area (Å²) in [6.07, 6.45) is 3.88. The van der Waals surface area contributed by atoms with Gasteiger partial charge in [-0.25, -0.2) is 0 Å². The molecular weight excluding hydrogens is 470 g/mol. The van der Waals surface area contributed by atoms with Crippen molar-refractivity contribution in [3.63, 3.8) is 0 Å². The highest BCUT2D eigenvalue weighted by Gasteiger charge is 2.38. The maximum absolute atomic E-state index is 12.8. The molecule has 0 aliphatic carbocycles. The molecule has 0 radical (unpaired) electrons. The van der Waals surface area contributed by atoms with Crippen LogP contribution in [0.3, 0.4) is 0 Å². The number of carbonyl (C=O) groups excluding carboxylic acids is 1. The molecule has 9 heteroatoms. The van der Waals surface area contributed by atoms with Gasteiger partial charge in [-0.15, -0.1) is 0 Å². The number of aryl methyl sites for hydroxylation is 2. The Labute approximate surface area is 216 Å². The zero-order valence-corrected chi connectivity index (χ0v) is 21.6. The van der Waals surface area contributed by atoms with Crippen molar-refractivity contribution in [3.8, 4) is 17.0 Å². The fourth-order valence-corrected chi connectivity index (χ4v) is 5.30. The van der Waals surface area contributed by atoms with Gasteiger partial charge in [-0.3, -0.25) is 19.6 Å². The Bertz CT molecular complexity index is 1310. The molecule has 0 unspecified atom stereocenters. The molecule has 2 aromatic carbocycles. The first-order valence-electron chi connectivity index (χ1n) is 12.9. The van der Waals surface area contributed by atoms with Crippen molar-refractivity contribution in [2.24, 2.45) is 0 Å². The van der Waals surface area contributed by atoms with Crippen LogP contribution in [0.1, 0.15) is 44.7 Å². The SMILES string of the molecule is CCCn1ncc2c1-c1cc([N+](=O)[O-])c(N3CCN(C(=O)CCc4ccccc4)CC3)cc1OC2(C)C. The smallest absolute Gasteiger partial charge is 0.293 e. The van der Waals surface area contributed by atoms with E-state index in [-0.39, 0.29) is 16.5 Å². The van der Waals surface area contributed by atoms with E-state index in [0.717, 1.165) is 29.8 Å². The van der Waals surface area contributed by atoms with Crippen LogP contribution in [0.5, 0.6) is 5.75 Å². The molecule has 3 heterocycles. The highest BCUT2D eigenvalue weighted by Crippen LogP contribution is 2.49. The lowest BCUT2D eigenvalue weighted by atomic mass is 9.91. The third kappa shape index (κ3) is 4.77. The largest absolute Gasteiger partial charge is 0.482 e. The van der Waals surface area contributed by atoms with Crippen molar-refractivity contribution in [1.82, 2.24) is 14.7 Å². The van der Waals surface area contributed by atoms with E-state index in [0.29, 0.717) is 56.0 Å². The van der Waals surface area contributed by atoms with Gasteiger partial charge in [-0.2, -0.15) is 5.10 Å². The van der Waals surface area contributed by atoms with Crippen LogP contribution in [0.15, 0.2) is 48.7 Å². The van der Waals surface area contributed by atoms with E-state index in [1.807, 2.05) is 64.9 Å². The number of carbonyl (C=O) groups is 1. The molecule has 9 nitrogen and oxygen atoms in total. The van der Waals surface area contributed by atoms with Crippen LogP contribution in [-0.2, 0) is 23.4 Å². The summed E-state index contributed by atoms with van der Waals surface area (Å²) in [6, 6.07) is 13.4. The van der Waals surface area contributed by atoms with E-state index in [1.165, 1.54) is 0 Å². The zero-order valence-electron chi connectivity index (χ0n) is 21.6. The summed E-state index contributed by atoms with van der Waals surface area (Å²) in [5.74, 6) is 0.738. The summed E-state index contributed by atoms with van der Waals surface area (Å²) >= 11 is 0. The number of nitrogens with zero attached hydrogens (tertiary/aromatic N) is 5. The Balaban J connectivity index is 1.37. The molecule has 0 N–H and O–H groups in total. The Morgan fingerprint density at radius 2 is 1.86 bits per heavy atom. The van der Waals surface area contributed by atoms with Gasteiger partial charge >= 0.3 is 0 Å². The fourth-order valence-electron chi connectivity index (χ4n) is 5.30. The lowest BCUT2D eigenvalue weighted by molar-refractivity contribution is -0.384. The second-order valence-electron chi connectivity index (χ2n) is 10.2. The van der Waals surface area contributed by atoms with Crippen LogP contribution < -0.4 is 9.64 Å². The molecule has 1 saturated heterocycles. The number of anilines is 1. The third-order valence-electron chi connectivity index (χ3n) is 7.26. The molecule has 1 amide bonds. The summed E-state index contributed by atoms with van der Waals surface area (Å²) in [7, 11) is 0. The molecule has 2 aliphatic heterocycles. The Kier molecular flexibility index (Phi) is 6.62. The van der Waals surface area contributed by atoms with E-state index in [2.05, 4.69) is 12.0 Å². The number of benzene rings is 2. The summed E-state index contributed by atoms with van der Waals surface area (Å²) in [5.41, 5.74) is 3.62. The molecule has 0 atom stereocenters. The van der Waals surface area contributed by atoms with Gasteiger partial charge in [0, 0.05) is 62.4 Å². The van der Waals surface area contributed by atoms with Crippen molar-refractivity contribution in [2.75, 3.05) is 31.1 Å². The monoisotopic (exact) mass is 503 g/mol. The number of fused-ring (bicyclic) bond motifs is 3. The highest BCUT2D eigenvalue weighted by molar-refractivity contribution is 5.82. The van der Waals surface area contributed by atoms with E-state index < -0.39 is 5.60 Å². The summed E-state index contributed by atoms with van der Waals surface area (Å²) in [5, 5.41) is 16.7. The van der Waals surface area contributed by atoms with Crippen LogP contribution in [0, 0.1) is 10.1 Å². The number of hydrogen-bond acceptors (Lipinski definition) is 6. The van der Waals surface area contributed by atoms with Crippen molar-refractivity contribution in [2.45, 2.75) is 52.2 Å². The van der Waals surface area contributed by atoms with Crippen LogP contribution >= 0.6 is 0 Å². The highest BCUT2D eigenvalue weighted by atomic mass is 16.6. The van der Waals surface area contributed by atoms with Crippen molar-refractivity contribution < 1.29 is 14.5 Å². The molecule has 0 bridgehead atoms. The summed E-state index contributed by atoms with van der Waals surface area (Å²) in [6.45, 7) is 8.90. The molecule has 5 rings (SSSR count). The second-order valence-corrected chi connectivity index (χ2v) is 10.2. The van der Waals surface area contributed by atoms with E-state index in [1.54, 1.807) is 12.1 Å². The molecule has 3 aromatic rings. The first kappa shape index (κ1) is 24.8. The van der Waals surface area contributed by atoms with Crippen LogP contribution in [-0.4, -0.2) is 51.7 Å². The molecule has 1 aromatic heterocycles. The predicted molar refractivity (Wildman–Crippen MR) is 142 cm³/mol. The minimum atomic E-state index is -0.606. The zero-order chi connectivity index (χ0) is 26.2. The first-order chi connectivity index (χ1) is 17.8. The van der Waals surface area contributed by atoms with E-state index in [4.69, 9.17) is 4.74 Å². The fraction of sp³-hybridized carbons (Fsp3) is 0.429. The lowest BCUT2D eigenvalue weighted by Crippen LogP contribution is -2.49.